The average Bonchev–Trinajstić information content (AvgIpc) is 2.50. The number of carbonyl (C=O) groups is 2. The number of hydrazine groups is 1. The molecule has 0 saturated carbocycles. The van der Waals surface area contributed by atoms with E-state index in [9.17, 15) is 19.7 Å². The molecule has 0 aromatic rings. The largest absolute Gasteiger partial charge is 0.365 e. The van der Waals surface area contributed by atoms with Gasteiger partial charge in [-0.3, -0.25) is 9.59 Å². The fourth-order valence-corrected chi connectivity index (χ4v) is 2.24. The van der Waals surface area contributed by atoms with Gasteiger partial charge in [0.1, 0.15) is 0 Å². The van der Waals surface area contributed by atoms with Gasteiger partial charge in [-0.1, -0.05) is 5.43 Å². The Bertz CT molecular complexity index is 474. The van der Waals surface area contributed by atoms with E-state index in [0.29, 0.717) is 39.0 Å². The van der Waals surface area contributed by atoms with E-state index < -0.39 is 11.1 Å². The van der Waals surface area contributed by atoms with Crippen molar-refractivity contribution in [3.8, 4) is 0 Å². The fraction of sp³-hybridized carbons (Fsp3) is 0.750. The summed E-state index contributed by atoms with van der Waals surface area (Å²) in [6.45, 7) is 3.73. The van der Waals surface area contributed by atoms with Crippen molar-refractivity contribution in [1.82, 2.24) is 15.2 Å². The topological polar surface area (TPSA) is 160 Å². The number of carbonyl (C=O) groups excluding carboxylic acids is 2. The van der Waals surface area contributed by atoms with Gasteiger partial charge in [0, 0.05) is 39.6 Å². The average molecular weight is 329 g/mol. The van der Waals surface area contributed by atoms with E-state index in [0.717, 1.165) is 0 Å². The Labute approximate surface area is 133 Å². The third-order valence-electron chi connectivity index (χ3n) is 3.52. The van der Waals surface area contributed by atoms with E-state index in [2.05, 4.69) is 4.99 Å². The van der Waals surface area contributed by atoms with Gasteiger partial charge in [-0.25, -0.2) is 15.1 Å². The number of rotatable bonds is 6. The van der Waals surface area contributed by atoms with Crippen molar-refractivity contribution in [2.45, 2.75) is 25.8 Å². The van der Waals surface area contributed by atoms with Gasteiger partial charge in [0.2, 0.25) is 11.8 Å². The monoisotopic (exact) mass is 329 g/mol. The van der Waals surface area contributed by atoms with Crippen LogP contribution in [0.25, 0.3) is 0 Å². The van der Waals surface area contributed by atoms with Crippen molar-refractivity contribution in [2.24, 2.45) is 16.5 Å². The molecule has 0 unspecified atom stereocenters. The minimum atomic E-state index is -0.797. The molecule has 11 nitrogen and oxygen atoms in total. The zero-order valence-corrected chi connectivity index (χ0v) is 13.1. The van der Waals surface area contributed by atoms with Crippen molar-refractivity contribution in [1.29, 1.82) is 0 Å². The maximum absolute atomic E-state index is 12.2. The first-order valence-corrected chi connectivity index (χ1v) is 7.32. The summed E-state index contributed by atoms with van der Waals surface area (Å²) in [5, 5.41) is 9.32. The van der Waals surface area contributed by atoms with Crippen LogP contribution in [0.5, 0.6) is 0 Å². The predicted molar refractivity (Wildman–Crippen MR) is 82.7 cm³/mol. The first-order chi connectivity index (χ1) is 10.8. The molecule has 0 radical (unpaired) electrons. The van der Waals surface area contributed by atoms with Crippen LogP contribution in [-0.4, -0.2) is 71.4 Å². The molecule has 0 aliphatic carbocycles. The molecule has 1 atom stereocenters. The molecule has 23 heavy (non-hydrogen) atoms. The number of nitro groups is 1. The van der Waals surface area contributed by atoms with E-state index in [1.165, 1.54) is 6.92 Å². The molecule has 1 aliphatic heterocycles. The molecule has 1 aliphatic rings. The maximum atomic E-state index is 12.2. The third-order valence-corrected chi connectivity index (χ3v) is 3.52. The number of nitrogens with zero attached hydrogens (tertiary/aromatic N) is 4. The Morgan fingerprint density at radius 1 is 1.30 bits per heavy atom. The lowest BCUT2D eigenvalue weighted by molar-refractivity contribution is -0.525. The second-order valence-corrected chi connectivity index (χ2v) is 5.22. The van der Waals surface area contributed by atoms with Crippen molar-refractivity contribution in [3.05, 3.63) is 10.1 Å². The Morgan fingerprint density at radius 2 is 1.87 bits per heavy atom. The zero-order valence-electron chi connectivity index (χ0n) is 13.1. The molecule has 1 rings (SSSR count). The van der Waals surface area contributed by atoms with Crippen LogP contribution in [0, 0.1) is 10.1 Å². The Morgan fingerprint density at radius 3 is 2.39 bits per heavy atom. The third kappa shape index (κ3) is 6.46. The summed E-state index contributed by atoms with van der Waals surface area (Å²) in [6, 6.07) is -0.654. The van der Waals surface area contributed by atoms with Crippen LogP contribution in [0.4, 0.5) is 0 Å². The van der Waals surface area contributed by atoms with E-state index in [1.54, 1.807) is 15.2 Å². The Kier molecular flexibility index (Phi) is 7.19. The van der Waals surface area contributed by atoms with Gasteiger partial charge >= 0.3 is 0 Å². The summed E-state index contributed by atoms with van der Waals surface area (Å²) >= 11 is 0. The molecule has 0 aromatic heterocycles. The van der Waals surface area contributed by atoms with Crippen molar-refractivity contribution in [2.75, 3.05) is 32.7 Å². The van der Waals surface area contributed by atoms with Gasteiger partial charge in [0.15, 0.2) is 5.03 Å². The maximum Gasteiger partial charge on any atom is 0.251 e. The molecule has 1 heterocycles. The van der Waals surface area contributed by atoms with Gasteiger partial charge in [0.25, 0.3) is 5.96 Å². The second kappa shape index (κ2) is 8.88. The highest BCUT2D eigenvalue weighted by molar-refractivity contribution is 5.82. The van der Waals surface area contributed by atoms with Crippen molar-refractivity contribution >= 4 is 17.8 Å². The van der Waals surface area contributed by atoms with E-state index >= 15 is 0 Å². The second-order valence-electron chi connectivity index (χ2n) is 5.22. The van der Waals surface area contributed by atoms with Crippen LogP contribution < -0.4 is 16.9 Å². The minimum Gasteiger partial charge on any atom is -0.365 e. The molecule has 1 saturated heterocycles. The molecular formula is C12H23N7O4. The molecule has 11 heteroatoms. The highest BCUT2D eigenvalue weighted by atomic mass is 16.7. The van der Waals surface area contributed by atoms with Crippen LogP contribution in [-0.2, 0) is 9.59 Å². The van der Waals surface area contributed by atoms with Gasteiger partial charge in [-0.05, 0) is 12.8 Å². The Balaban J connectivity index is 2.29. The summed E-state index contributed by atoms with van der Waals surface area (Å²) in [7, 11) is 0. The summed E-state index contributed by atoms with van der Waals surface area (Å²) in [6.07, 6.45) is 0.890. The van der Waals surface area contributed by atoms with Crippen LogP contribution >= 0.6 is 0 Å². The van der Waals surface area contributed by atoms with Crippen LogP contribution in [0.1, 0.15) is 19.8 Å². The molecule has 1 fully saturated rings. The van der Waals surface area contributed by atoms with Gasteiger partial charge in [-0.2, -0.15) is 0 Å². The van der Waals surface area contributed by atoms with Crippen molar-refractivity contribution in [3.63, 3.8) is 0 Å². The summed E-state index contributed by atoms with van der Waals surface area (Å²) in [5.41, 5.74) is 12.9. The zero-order chi connectivity index (χ0) is 17.4. The molecule has 2 amide bonds. The van der Waals surface area contributed by atoms with Crippen LogP contribution in [0.15, 0.2) is 4.99 Å². The summed E-state index contributed by atoms with van der Waals surface area (Å²) in [5.74, 6) is -0.441. The molecular weight excluding hydrogens is 306 g/mol. The first kappa shape index (κ1) is 18.6. The highest BCUT2D eigenvalue weighted by Crippen LogP contribution is 2.06. The van der Waals surface area contributed by atoms with E-state index in [1.807, 2.05) is 0 Å². The van der Waals surface area contributed by atoms with Gasteiger partial charge in [-0.15, -0.1) is 0 Å². The van der Waals surface area contributed by atoms with Crippen LogP contribution in [0.3, 0.4) is 0 Å². The highest BCUT2D eigenvalue weighted by Gasteiger charge is 2.25. The normalized spacial score (nSPS) is 16.9. The molecule has 130 valence electrons. The van der Waals surface area contributed by atoms with Gasteiger partial charge < -0.3 is 21.3 Å². The smallest absolute Gasteiger partial charge is 0.251 e. The summed E-state index contributed by atoms with van der Waals surface area (Å²) in [4.78, 5) is 40.6. The molecule has 0 bridgehead atoms. The number of amides is 2. The number of nitrogens with one attached hydrogen (secondary N) is 1. The summed E-state index contributed by atoms with van der Waals surface area (Å²) < 4.78 is 0. The first-order valence-electron chi connectivity index (χ1n) is 7.32. The van der Waals surface area contributed by atoms with E-state index in [4.69, 9.17) is 11.5 Å². The number of guanidine groups is 1. The molecule has 0 aromatic carbocycles. The number of piperazine rings is 1. The van der Waals surface area contributed by atoms with Crippen LogP contribution in [0.2, 0.25) is 0 Å². The molecule has 5 N–H and O–H groups in total. The number of nitrogens with two attached hydrogens (primary N) is 2. The SMILES string of the molecule is CC(=O)N1CCN(C(=O)[C@@H](N)CCCN=C(N)N[N+](=O)[O-])CC1. The quantitative estimate of drug-likeness (QED) is 0.165. The number of aliphatic imine (C=N–C) groups is 1. The van der Waals surface area contributed by atoms with E-state index in [-0.39, 0.29) is 24.3 Å². The lowest BCUT2D eigenvalue weighted by Crippen LogP contribution is -2.54. The lowest BCUT2D eigenvalue weighted by atomic mass is 10.1. The minimum absolute atomic E-state index is 0.000168. The van der Waals surface area contributed by atoms with Gasteiger partial charge in [0.05, 0.1) is 6.04 Å². The number of hydrogen-bond donors (Lipinski definition) is 3. The fourth-order valence-electron chi connectivity index (χ4n) is 2.24. The molecule has 0 spiro atoms. The standard InChI is InChI=1S/C12H23N7O4/c1-9(20)17-5-7-18(8-6-17)11(21)10(13)3-2-4-15-12(14)16-19(22)23/h10H,2-8,13H2,1H3,(H3,14,15,16)/t10-/m0/s1. The Hall–Kier alpha value is -2.43. The van der Waals surface area contributed by atoms with Crippen molar-refractivity contribution < 1.29 is 14.6 Å². The number of hydrogen-bond acceptors (Lipinski definition) is 6. The lowest BCUT2D eigenvalue weighted by Gasteiger charge is -2.35. The predicted octanol–water partition coefficient (Wildman–Crippen LogP) is -2.12.